The number of hydrogen-bond acceptors (Lipinski definition) is 4. The summed E-state index contributed by atoms with van der Waals surface area (Å²) in [5, 5.41) is 6.05. The zero-order chi connectivity index (χ0) is 21.5. The lowest BCUT2D eigenvalue weighted by molar-refractivity contribution is -0.134. The van der Waals surface area contributed by atoms with Crippen molar-refractivity contribution >= 4 is 35.1 Å². The minimum atomic E-state index is -0.986. The highest BCUT2D eigenvalue weighted by Gasteiger charge is 2.52. The first-order valence-corrected chi connectivity index (χ1v) is 10.1. The minimum Gasteiger partial charge on any atom is -0.495 e. The second-order valence-electron chi connectivity index (χ2n) is 7.70. The summed E-state index contributed by atoms with van der Waals surface area (Å²) in [5.41, 5.74) is 2.44. The van der Waals surface area contributed by atoms with Crippen LogP contribution < -0.4 is 15.4 Å². The predicted molar refractivity (Wildman–Crippen MR) is 113 cm³/mol. The summed E-state index contributed by atoms with van der Waals surface area (Å²) in [7, 11) is 1.47. The molecular formula is C22H22ClN3O4. The van der Waals surface area contributed by atoms with E-state index in [4.69, 9.17) is 16.3 Å². The number of benzene rings is 2. The molecule has 0 radical (unpaired) electrons. The SMILES string of the molecule is COc1cc(Cl)c(C)cc1NC(=O)CN1C(=O)NC2(CCc3ccccc3C2)C1=O. The van der Waals surface area contributed by atoms with Crippen molar-refractivity contribution < 1.29 is 19.1 Å². The third-order valence-electron chi connectivity index (χ3n) is 5.73. The third-order valence-corrected chi connectivity index (χ3v) is 6.14. The van der Waals surface area contributed by atoms with Gasteiger partial charge in [-0.2, -0.15) is 0 Å². The molecule has 0 saturated carbocycles. The van der Waals surface area contributed by atoms with Gasteiger partial charge in [-0.15, -0.1) is 0 Å². The number of hydrogen-bond donors (Lipinski definition) is 2. The predicted octanol–water partition coefficient (Wildman–Crippen LogP) is 3.08. The van der Waals surface area contributed by atoms with Gasteiger partial charge in [-0.3, -0.25) is 14.5 Å². The van der Waals surface area contributed by atoms with Crippen LogP contribution in [0.1, 0.15) is 23.1 Å². The number of nitrogens with zero attached hydrogens (tertiary/aromatic N) is 1. The molecule has 4 amide bonds. The number of rotatable bonds is 4. The first kappa shape index (κ1) is 20.2. The van der Waals surface area contributed by atoms with Gasteiger partial charge in [-0.05, 0) is 42.5 Å². The molecule has 1 aliphatic heterocycles. The number of anilines is 1. The van der Waals surface area contributed by atoms with Crippen LogP contribution in [0.4, 0.5) is 10.5 Å². The second-order valence-corrected chi connectivity index (χ2v) is 8.11. The van der Waals surface area contributed by atoms with E-state index in [-0.39, 0.29) is 12.5 Å². The van der Waals surface area contributed by atoms with Gasteiger partial charge in [0, 0.05) is 17.5 Å². The van der Waals surface area contributed by atoms with Crippen molar-refractivity contribution in [2.24, 2.45) is 0 Å². The number of aryl methyl sites for hydroxylation is 2. The average molecular weight is 428 g/mol. The molecule has 4 rings (SSSR count). The lowest BCUT2D eigenvalue weighted by Crippen LogP contribution is -2.51. The van der Waals surface area contributed by atoms with E-state index in [1.54, 1.807) is 19.1 Å². The number of carbonyl (C=O) groups is 3. The average Bonchev–Trinajstić information content (AvgIpc) is 2.94. The molecule has 1 fully saturated rings. The summed E-state index contributed by atoms with van der Waals surface area (Å²) < 4.78 is 5.26. The fraction of sp³-hybridized carbons (Fsp3) is 0.318. The molecule has 7 nitrogen and oxygen atoms in total. The maximum Gasteiger partial charge on any atom is 0.325 e. The first-order chi connectivity index (χ1) is 14.3. The van der Waals surface area contributed by atoms with Crippen molar-refractivity contribution in [3.8, 4) is 5.75 Å². The minimum absolute atomic E-state index is 0.364. The molecule has 2 N–H and O–H groups in total. The van der Waals surface area contributed by atoms with Gasteiger partial charge >= 0.3 is 6.03 Å². The van der Waals surface area contributed by atoms with E-state index in [0.717, 1.165) is 16.0 Å². The van der Waals surface area contributed by atoms with Crippen molar-refractivity contribution in [2.75, 3.05) is 19.0 Å². The highest BCUT2D eigenvalue weighted by molar-refractivity contribution is 6.31. The van der Waals surface area contributed by atoms with Crippen LogP contribution in [0.3, 0.4) is 0 Å². The Morgan fingerprint density at radius 2 is 2.00 bits per heavy atom. The van der Waals surface area contributed by atoms with Crippen LogP contribution in [0.25, 0.3) is 0 Å². The number of amides is 4. The molecule has 8 heteroatoms. The summed E-state index contributed by atoms with van der Waals surface area (Å²) in [4.78, 5) is 39.3. The Morgan fingerprint density at radius 3 is 2.73 bits per heavy atom. The summed E-state index contributed by atoms with van der Waals surface area (Å²) in [6.07, 6.45) is 1.64. The molecule has 2 aromatic carbocycles. The van der Waals surface area contributed by atoms with E-state index in [9.17, 15) is 14.4 Å². The molecule has 2 aromatic rings. The topological polar surface area (TPSA) is 87.7 Å². The van der Waals surface area contributed by atoms with Crippen LogP contribution in [0.2, 0.25) is 5.02 Å². The van der Waals surface area contributed by atoms with Crippen LogP contribution >= 0.6 is 11.6 Å². The quantitative estimate of drug-likeness (QED) is 0.734. The number of fused-ring (bicyclic) bond motifs is 1. The number of nitrogens with one attached hydrogen (secondary N) is 2. The number of urea groups is 1. The van der Waals surface area contributed by atoms with Gasteiger partial charge in [-0.1, -0.05) is 35.9 Å². The van der Waals surface area contributed by atoms with Crippen LogP contribution in [-0.4, -0.2) is 41.9 Å². The van der Waals surface area contributed by atoms with E-state index in [0.29, 0.717) is 35.7 Å². The summed E-state index contributed by atoms with van der Waals surface area (Å²) in [6, 6.07) is 10.6. The van der Waals surface area contributed by atoms with E-state index >= 15 is 0 Å². The maximum absolute atomic E-state index is 13.1. The summed E-state index contributed by atoms with van der Waals surface area (Å²) in [5.74, 6) is -0.459. The highest BCUT2D eigenvalue weighted by Crippen LogP contribution is 2.34. The van der Waals surface area contributed by atoms with Crippen molar-refractivity contribution in [3.63, 3.8) is 0 Å². The number of halogens is 1. The third kappa shape index (κ3) is 3.50. The van der Waals surface area contributed by atoms with Gasteiger partial charge in [0.15, 0.2) is 0 Å². The highest BCUT2D eigenvalue weighted by atomic mass is 35.5. The molecule has 156 valence electrons. The van der Waals surface area contributed by atoms with Gasteiger partial charge in [0.25, 0.3) is 5.91 Å². The van der Waals surface area contributed by atoms with Gasteiger partial charge in [-0.25, -0.2) is 4.79 Å². The molecule has 0 aromatic heterocycles. The Morgan fingerprint density at radius 1 is 1.27 bits per heavy atom. The zero-order valence-corrected chi connectivity index (χ0v) is 17.5. The van der Waals surface area contributed by atoms with Crippen LogP contribution in [-0.2, 0) is 22.4 Å². The van der Waals surface area contributed by atoms with Crippen molar-refractivity contribution in [1.29, 1.82) is 0 Å². The Bertz CT molecular complexity index is 1050. The Labute approximate surface area is 179 Å². The van der Waals surface area contributed by atoms with E-state index in [1.807, 2.05) is 24.3 Å². The number of methoxy groups -OCH3 is 1. The number of carbonyl (C=O) groups excluding carboxylic acids is 3. The largest absolute Gasteiger partial charge is 0.495 e. The van der Waals surface area contributed by atoms with Crippen molar-refractivity contribution in [1.82, 2.24) is 10.2 Å². The van der Waals surface area contributed by atoms with Crippen LogP contribution in [0.5, 0.6) is 5.75 Å². The molecule has 1 atom stereocenters. The van der Waals surface area contributed by atoms with Crippen molar-refractivity contribution in [2.45, 2.75) is 31.7 Å². The fourth-order valence-corrected chi connectivity index (χ4v) is 4.26. The van der Waals surface area contributed by atoms with Crippen molar-refractivity contribution in [3.05, 3.63) is 58.1 Å². The summed E-state index contributed by atoms with van der Waals surface area (Å²) in [6.45, 7) is 1.43. The van der Waals surface area contributed by atoms with Gasteiger partial charge < -0.3 is 15.4 Å². The van der Waals surface area contributed by atoms with E-state index < -0.39 is 17.5 Å². The molecule has 1 spiro atoms. The Kier molecular flexibility index (Phi) is 5.15. The van der Waals surface area contributed by atoms with Gasteiger partial charge in [0.05, 0.1) is 12.8 Å². The standard InChI is InChI=1S/C22H22ClN3O4/c1-13-9-17(18(30-2)10-16(13)23)24-19(27)12-26-20(28)22(25-21(26)29)8-7-14-5-3-4-6-15(14)11-22/h3-6,9-10H,7-8,11-12H2,1-2H3,(H,24,27)(H,25,29). The summed E-state index contributed by atoms with van der Waals surface area (Å²) >= 11 is 6.10. The molecule has 0 bridgehead atoms. The molecule has 30 heavy (non-hydrogen) atoms. The molecule has 1 aliphatic carbocycles. The molecule has 2 aliphatic rings. The Balaban J connectivity index is 1.49. The molecular weight excluding hydrogens is 406 g/mol. The van der Waals surface area contributed by atoms with Crippen LogP contribution in [0, 0.1) is 6.92 Å². The first-order valence-electron chi connectivity index (χ1n) is 9.68. The molecule has 1 saturated heterocycles. The Hall–Kier alpha value is -3.06. The molecule has 1 heterocycles. The fourth-order valence-electron chi connectivity index (χ4n) is 4.11. The second kappa shape index (κ2) is 7.65. The number of ether oxygens (including phenoxy) is 1. The molecule has 1 unspecified atom stereocenters. The monoisotopic (exact) mass is 427 g/mol. The lowest BCUT2D eigenvalue weighted by atomic mass is 9.78. The maximum atomic E-state index is 13.1. The van der Waals surface area contributed by atoms with Gasteiger partial charge in [0.1, 0.15) is 17.8 Å². The van der Waals surface area contributed by atoms with Gasteiger partial charge in [0.2, 0.25) is 5.91 Å². The van der Waals surface area contributed by atoms with Crippen LogP contribution in [0.15, 0.2) is 36.4 Å². The smallest absolute Gasteiger partial charge is 0.325 e. The zero-order valence-electron chi connectivity index (χ0n) is 16.8. The lowest BCUT2D eigenvalue weighted by Gasteiger charge is -2.32. The number of imide groups is 1. The van der Waals surface area contributed by atoms with E-state index in [2.05, 4.69) is 10.6 Å². The van der Waals surface area contributed by atoms with E-state index in [1.165, 1.54) is 12.7 Å². The normalized spacial score (nSPS) is 20.2.